The van der Waals surface area contributed by atoms with Crippen LogP contribution in [0, 0.1) is 0 Å². The minimum absolute atomic E-state index is 0.130. The summed E-state index contributed by atoms with van der Waals surface area (Å²) in [6.45, 7) is 0. The first kappa shape index (κ1) is 19.8. The lowest BCUT2D eigenvalue weighted by Crippen LogP contribution is -2.25. The van der Waals surface area contributed by atoms with E-state index in [4.69, 9.17) is 14.2 Å². The highest BCUT2D eigenvalue weighted by molar-refractivity contribution is 7.92. The van der Waals surface area contributed by atoms with Gasteiger partial charge < -0.3 is 19.5 Å². The Bertz CT molecular complexity index is 964. The molecule has 0 unspecified atom stereocenters. The lowest BCUT2D eigenvalue weighted by atomic mass is 10.2. The Labute approximate surface area is 163 Å². The summed E-state index contributed by atoms with van der Waals surface area (Å²) in [4.78, 5) is 12.2. The Morgan fingerprint density at radius 1 is 0.964 bits per heavy atom. The molecule has 0 radical (unpaired) electrons. The van der Waals surface area contributed by atoms with Crippen LogP contribution < -0.4 is 24.2 Å². The van der Waals surface area contributed by atoms with Gasteiger partial charge in [0.15, 0.2) is 0 Å². The van der Waals surface area contributed by atoms with Gasteiger partial charge in [0.25, 0.3) is 15.9 Å². The summed E-state index contributed by atoms with van der Waals surface area (Å²) in [5.74, 6) is 0.679. The van der Waals surface area contributed by atoms with Crippen LogP contribution in [0.3, 0.4) is 0 Å². The maximum Gasteiger partial charge on any atom is 0.265 e. The van der Waals surface area contributed by atoms with E-state index in [9.17, 15) is 13.2 Å². The predicted octanol–water partition coefficient (Wildman–Crippen LogP) is 2.41. The van der Waals surface area contributed by atoms with E-state index < -0.39 is 10.0 Å². The van der Waals surface area contributed by atoms with Gasteiger partial charge in [0.2, 0.25) is 0 Å². The molecule has 0 aliphatic heterocycles. The van der Waals surface area contributed by atoms with E-state index in [-0.39, 0.29) is 33.8 Å². The molecule has 0 spiro atoms. The van der Waals surface area contributed by atoms with Gasteiger partial charge >= 0.3 is 0 Å². The summed E-state index contributed by atoms with van der Waals surface area (Å²) in [7, 11) is 0.267. The van der Waals surface area contributed by atoms with Crippen LogP contribution in [-0.4, -0.2) is 41.7 Å². The van der Waals surface area contributed by atoms with Crippen LogP contribution in [0.15, 0.2) is 41.3 Å². The highest BCUT2D eigenvalue weighted by atomic mass is 32.2. The fourth-order valence-corrected chi connectivity index (χ4v) is 3.84. The third-order valence-corrected chi connectivity index (χ3v) is 5.63. The van der Waals surface area contributed by atoms with Crippen molar-refractivity contribution in [2.75, 3.05) is 26.1 Å². The number of rotatable bonds is 8. The number of sulfonamides is 1. The number of hydrogen-bond acceptors (Lipinski definition) is 6. The number of benzene rings is 2. The third kappa shape index (κ3) is 4.48. The molecule has 2 aromatic rings. The number of carbonyl (C=O) groups excluding carboxylic acids is 1. The van der Waals surface area contributed by atoms with E-state index in [1.54, 1.807) is 6.07 Å². The molecular formula is C19H22N2O6S. The summed E-state index contributed by atoms with van der Waals surface area (Å²) in [5.41, 5.74) is 0.502. The Hall–Kier alpha value is -2.94. The standard InChI is InChI=1S/C19H22N2O6S/c1-25-15-9-14(10-16(11-15)26-2)21-28(23,24)18-8-12(4-7-17(18)27-3)19(22)20-13-5-6-13/h4,7-11,13,21H,5-6H2,1-3H3,(H,20,22). The summed E-state index contributed by atoms with van der Waals surface area (Å²) in [5, 5.41) is 2.84. The van der Waals surface area contributed by atoms with Crippen LogP contribution in [0.1, 0.15) is 23.2 Å². The number of ether oxygens (including phenoxy) is 3. The molecule has 28 heavy (non-hydrogen) atoms. The highest BCUT2D eigenvalue weighted by Gasteiger charge is 2.26. The van der Waals surface area contributed by atoms with Crippen LogP contribution in [-0.2, 0) is 10.0 Å². The van der Waals surface area contributed by atoms with Crippen molar-refractivity contribution in [1.82, 2.24) is 5.32 Å². The molecule has 0 heterocycles. The van der Waals surface area contributed by atoms with Crippen LogP contribution in [0.25, 0.3) is 0 Å². The van der Waals surface area contributed by atoms with Crippen LogP contribution in [0.4, 0.5) is 5.69 Å². The largest absolute Gasteiger partial charge is 0.497 e. The Balaban J connectivity index is 1.94. The zero-order valence-corrected chi connectivity index (χ0v) is 16.6. The molecule has 1 aliphatic rings. The summed E-state index contributed by atoms with van der Waals surface area (Å²) in [6, 6.07) is 9.13. The van der Waals surface area contributed by atoms with Crippen molar-refractivity contribution >= 4 is 21.6 Å². The molecule has 0 aromatic heterocycles. The molecule has 150 valence electrons. The molecule has 1 saturated carbocycles. The summed E-state index contributed by atoms with van der Waals surface area (Å²) in [6.07, 6.45) is 1.87. The molecule has 1 amide bonds. The van der Waals surface area contributed by atoms with Gasteiger partial charge in [-0.3, -0.25) is 9.52 Å². The molecule has 1 aliphatic carbocycles. The minimum atomic E-state index is -4.04. The quantitative estimate of drug-likeness (QED) is 0.698. The first-order valence-electron chi connectivity index (χ1n) is 8.61. The SMILES string of the molecule is COc1cc(NS(=O)(=O)c2cc(C(=O)NC3CC3)ccc2OC)cc(OC)c1. The lowest BCUT2D eigenvalue weighted by Gasteiger charge is -2.14. The maximum absolute atomic E-state index is 13.0. The van der Waals surface area contributed by atoms with Crippen LogP contribution in [0.2, 0.25) is 0 Å². The van der Waals surface area contributed by atoms with Crippen molar-refractivity contribution in [1.29, 1.82) is 0 Å². The molecule has 0 atom stereocenters. The predicted molar refractivity (Wildman–Crippen MR) is 104 cm³/mol. The molecule has 8 nitrogen and oxygen atoms in total. The van der Waals surface area contributed by atoms with E-state index in [0.717, 1.165) is 12.8 Å². The lowest BCUT2D eigenvalue weighted by molar-refractivity contribution is 0.0951. The van der Waals surface area contributed by atoms with E-state index in [1.165, 1.54) is 51.7 Å². The molecule has 0 saturated heterocycles. The van der Waals surface area contributed by atoms with Crippen molar-refractivity contribution in [2.24, 2.45) is 0 Å². The zero-order chi connectivity index (χ0) is 20.3. The van der Waals surface area contributed by atoms with Crippen molar-refractivity contribution in [3.05, 3.63) is 42.0 Å². The van der Waals surface area contributed by atoms with Gasteiger partial charge in [0, 0.05) is 29.8 Å². The van der Waals surface area contributed by atoms with Gasteiger partial charge in [-0.15, -0.1) is 0 Å². The number of hydrogen-bond donors (Lipinski definition) is 2. The second kappa shape index (κ2) is 7.97. The first-order valence-corrected chi connectivity index (χ1v) is 10.1. The van der Waals surface area contributed by atoms with E-state index in [0.29, 0.717) is 11.5 Å². The average Bonchev–Trinajstić information content (AvgIpc) is 3.50. The van der Waals surface area contributed by atoms with Gasteiger partial charge in [-0.25, -0.2) is 8.42 Å². The Morgan fingerprint density at radius 3 is 2.14 bits per heavy atom. The number of methoxy groups -OCH3 is 3. The topological polar surface area (TPSA) is 103 Å². The fourth-order valence-electron chi connectivity index (χ4n) is 2.60. The fraction of sp³-hybridized carbons (Fsp3) is 0.316. The average molecular weight is 406 g/mol. The molecule has 1 fully saturated rings. The summed E-state index contributed by atoms with van der Waals surface area (Å²) < 4.78 is 44.0. The van der Waals surface area contributed by atoms with Crippen molar-refractivity contribution in [3.63, 3.8) is 0 Å². The van der Waals surface area contributed by atoms with Gasteiger partial charge in [-0.1, -0.05) is 0 Å². The number of amides is 1. The van der Waals surface area contributed by atoms with Crippen molar-refractivity contribution in [2.45, 2.75) is 23.8 Å². The molecule has 3 rings (SSSR count). The minimum Gasteiger partial charge on any atom is -0.497 e. The zero-order valence-electron chi connectivity index (χ0n) is 15.8. The van der Waals surface area contributed by atoms with Gasteiger partial charge in [0.05, 0.1) is 27.0 Å². The molecular weight excluding hydrogens is 384 g/mol. The van der Waals surface area contributed by atoms with E-state index in [2.05, 4.69) is 10.0 Å². The first-order chi connectivity index (χ1) is 13.4. The number of carbonyl (C=O) groups is 1. The van der Waals surface area contributed by atoms with Gasteiger partial charge in [-0.2, -0.15) is 0 Å². The second-order valence-electron chi connectivity index (χ2n) is 6.32. The van der Waals surface area contributed by atoms with Crippen LogP contribution >= 0.6 is 0 Å². The Kier molecular flexibility index (Phi) is 5.64. The Morgan fingerprint density at radius 2 is 1.61 bits per heavy atom. The third-order valence-electron chi connectivity index (χ3n) is 4.23. The number of anilines is 1. The smallest absolute Gasteiger partial charge is 0.265 e. The molecule has 0 bridgehead atoms. The van der Waals surface area contributed by atoms with Crippen molar-refractivity contribution < 1.29 is 27.4 Å². The highest BCUT2D eigenvalue weighted by Crippen LogP contribution is 2.31. The van der Waals surface area contributed by atoms with Crippen molar-refractivity contribution in [3.8, 4) is 17.2 Å². The number of nitrogens with one attached hydrogen (secondary N) is 2. The molecule has 2 N–H and O–H groups in total. The van der Waals surface area contributed by atoms with E-state index in [1.807, 2.05) is 0 Å². The monoisotopic (exact) mass is 406 g/mol. The van der Waals surface area contributed by atoms with E-state index >= 15 is 0 Å². The summed E-state index contributed by atoms with van der Waals surface area (Å²) >= 11 is 0. The molecule has 9 heteroatoms. The molecule has 2 aromatic carbocycles. The normalized spacial score (nSPS) is 13.5. The van der Waals surface area contributed by atoms with Crippen LogP contribution in [0.5, 0.6) is 17.2 Å². The maximum atomic E-state index is 13.0. The van der Waals surface area contributed by atoms with Gasteiger partial charge in [0.1, 0.15) is 22.1 Å². The second-order valence-corrected chi connectivity index (χ2v) is 7.97. The van der Waals surface area contributed by atoms with Gasteiger partial charge in [-0.05, 0) is 31.0 Å².